The van der Waals surface area contributed by atoms with Crippen molar-refractivity contribution in [3.05, 3.63) is 21.2 Å². The average Bonchev–Trinajstić information content (AvgIpc) is 2.59. The molecule has 0 aliphatic carbocycles. The summed E-state index contributed by atoms with van der Waals surface area (Å²) in [4.78, 5) is 0. The van der Waals surface area contributed by atoms with Gasteiger partial charge in [0, 0.05) is 0 Å². The number of nitriles is 2. The van der Waals surface area contributed by atoms with Gasteiger partial charge in [0.2, 0.25) is 0 Å². The van der Waals surface area contributed by atoms with Gasteiger partial charge in [-0.15, -0.1) is 0 Å². The Bertz CT molecular complexity index is 579. The summed E-state index contributed by atoms with van der Waals surface area (Å²) in [7, 11) is 0. The first-order valence-corrected chi connectivity index (χ1v) is 8.98. The highest BCUT2D eigenvalue weighted by atomic mass is 35.5. The van der Waals surface area contributed by atoms with Gasteiger partial charge in [0.05, 0.1) is 13.2 Å². The van der Waals surface area contributed by atoms with E-state index in [1.54, 1.807) is 0 Å². The van der Waals surface area contributed by atoms with Crippen molar-refractivity contribution < 1.29 is 9.47 Å². The molecule has 0 unspecified atom stereocenters. The van der Waals surface area contributed by atoms with E-state index in [2.05, 4.69) is 13.8 Å². The monoisotopic (exact) mass is 368 g/mol. The summed E-state index contributed by atoms with van der Waals surface area (Å²) in [6, 6.07) is 3.99. The molecule has 0 heterocycles. The molecule has 0 aromatic heterocycles. The van der Waals surface area contributed by atoms with Crippen LogP contribution in [-0.4, -0.2) is 13.2 Å². The number of nitrogens with zero attached hydrogens (tertiary/aromatic N) is 2. The van der Waals surface area contributed by atoms with E-state index >= 15 is 0 Å². The molecule has 0 radical (unpaired) electrons. The Kier molecular flexibility index (Phi) is 9.38. The summed E-state index contributed by atoms with van der Waals surface area (Å²) in [6.45, 7) is 5.01. The van der Waals surface area contributed by atoms with Gasteiger partial charge >= 0.3 is 0 Å². The molecule has 1 aromatic rings. The predicted octanol–water partition coefficient (Wildman–Crippen LogP) is 5.87. The fourth-order valence-corrected chi connectivity index (χ4v) is 2.65. The van der Waals surface area contributed by atoms with E-state index in [-0.39, 0.29) is 32.7 Å². The molecule has 24 heavy (non-hydrogen) atoms. The number of rotatable bonds is 10. The third-order valence-corrected chi connectivity index (χ3v) is 4.33. The molecule has 0 bridgehead atoms. The van der Waals surface area contributed by atoms with E-state index in [1.807, 2.05) is 12.1 Å². The van der Waals surface area contributed by atoms with Crippen LogP contribution < -0.4 is 9.47 Å². The lowest BCUT2D eigenvalue weighted by atomic mass is 10.1. The van der Waals surface area contributed by atoms with Crippen molar-refractivity contribution in [2.75, 3.05) is 13.2 Å². The smallest absolute Gasteiger partial charge is 0.158 e. The van der Waals surface area contributed by atoms with E-state index in [4.69, 9.17) is 32.7 Å². The maximum Gasteiger partial charge on any atom is 0.158 e. The minimum atomic E-state index is 0.0777. The molecule has 130 valence electrons. The Morgan fingerprint density at radius 3 is 1.42 bits per heavy atom. The van der Waals surface area contributed by atoms with Gasteiger partial charge in [0.1, 0.15) is 33.3 Å². The number of ether oxygens (including phenoxy) is 2. The third-order valence-electron chi connectivity index (χ3n) is 3.51. The molecular weight excluding hydrogens is 347 g/mol. The zero-order valence-corrected chi connectivity index (χ0v) is 15.6. The van der Waals surface area contributed by atoms with Crippen LogP contribution in [0.3, 0.4) is 0 Å². The molecule has 0 fully saturated rings. The number of halogens is 2. The fraction of sp³-hybridized carbons (Fsp3) is 0.556. The van der Waals surface area contributed by atoms with E-state index in [0.29, 0.717) is 13.2 Å². The molecule has 0 saturated carbocycles. The Balaban J connectivity index is 3.13. The molecule has 1 aromatic carbocycles. The molecule has 4 nitrogen and oxygen atoms in total. The predicted molar refractivity (Wildman–Crippen MR) is 95.9 cm³/mol. The highest BCUT2D eigenvalue weighted by Crippen LogP contribution is 2.44. The van der Waals surface area contributed by atoms with Gasteiger partial charge in [-0.2, -0.15) is 10.5 Å². The van der Waals surface area contributed by atoms with Crippen molar-refractivity contribution in [1.82, 2.24) is 0 Å². The summed E-state index contributed by atoms with van der Waals surface area (Å²) in [5, 5.41) is 19.1. The first-order valence-electron chi connectivity index (χ1n) is 8.22. The molecule has 0 saturated heterocycles. The average molecular weight is 369 g/mol. The lowest BCUT2D eigenvalue weighted by Crippen LogP contribution is -2.06. The molecule has 0 amide bonds. The van der Waals surface area contributed by atoms with Crippen molar-refractivity contribution in [3.8, 4) is 23.6 Å². The second kappa shape index (κ2) is 11.0. The quantitative estimate of drug-likeness (QED) is 0.484. The first-order chi connectivity index (χ1) is 11.6. The molecule has 0 spiro atoms. The largest absolute Gasteiger partial charge is 0.491 e. The summed E-state index contributed by atoms with van der Waals surface area (Å²) in [5.74, 6) is 0.329. The van der Waals surface area contributed by atoms with E-state index in [0.717, 1.165) is 38.5 Å². The third kappa shape index (κ3) is 5.20. The molecule has 0 aliphatic rings. The van der Waals surface area contributed by atoms with Crippen LogP contribution in [0.15, 0.2) is 0 Å². The van der Waals surface area contributed by atoms with Crippen LogP contribution in [0.25, 0.3) is 0 Å². The minimum absolute atomic E-state index is 0.0777. The maximum atomic E-state index is 9.44. The highest BCUT2D eigenvalue weighted by molar-refractivity contribution is 6.44. The van der Waals surface area contributed by atoms with Gasteiger partial charge in [0.25, 0.3) is 0 Å². The zero-order valence-electron chi connectivity index (χ0n) is 14.1. The van der Waals surface area contributed by atoms with Crippen molar-refractivity contribution in [2.24, 2.45) is 0 Å². The van der Waals surface area contributed by atoms with Gasteiger partial charge in [0.15, 0.2) is 11.5 Å². The topological polar surface area (TPSA) is 66.0 Å². The minimum Gasteiger partial charge on any atom is -0.491 e. The Morgan fingerprint density at radius 1 is 0.750 bits per heavy atom. The molecule has 0 aliphatic heterocycles. The van der Waals surface area contributed by atoms with Gasteiger partial charge in [-0.05, 0) is 12.8 Å². The zero-order chi connectivity index (χ0) is 17.9. The number of benzene rings is 1. The molecule has 1 rings (SSSR count). The number of unbranched alkanes of at least 4 members (excludes halogenated alkanes) is 4. The van der Waals surface area contributed by atoms with Crippen LogP contribution in [0.4, 0.5) is 0 Å². The summed E-state index contributed by atoms with van der Waals surface area (Å²) >= 11 is 12.5. The number of hydrogen-bond donors (Lipinski definition) is 0. The van der Waals surface area contributed by atoms with Crippen molar-refractivity contribution in [2.45, 2.75) is 52.4 Å². The lowest BCUT2D eigenvalue weighted by molar-refractivity contribution is 0.297. The van der Waals surface area contributed by atoms with Crippen LogP contribution in [-0.2, 0) is 0 Å². The van der Waals surface area contributed by atoms with Crippen LogP contribution in [0.1, 0.15) is 63.5 Å². The summed E-state index contributed by atoms with van der Waals surface area (Å²) < 4.78 is 11.3. The maximum absolute atomic E-state index is 9.44. The fourth-order valence-electron chi connectivity index (χ4n) is 2.18. The second-order valence-electron chi connectivity index (χ2n) is 5.37. The van der Waals surface area contributed by atoms with Gasteiger partial charge < -0.3 is 9.47 Å². The molecule has 0 N–H and O–H groups in total. The van der Waals surface area contributed by atoms with Gasteiger partial charge in [-0.3, -0.25) is 0 Å². The van der Waals surface area contributed by atoms with Crippen molar-refractivity contribution in [1.29, 1.82) is 10.5 Å². The van der Waals surface area contributed by atoms with E-state index < -0.39 is 0 Å². The second-order valence-corrected chi connectivity index (χ2v) is 6.13. The summed E-state index contributed by atoms with van der Waals surface area (Å²) in [6.07, 6.45) is 5.81. The van der Waals surface area contributed by atoms with Crippen molar-refractivity contribution in [3.63, 3.8) is 0 Å². The Labute approximate surface area is 153 Å². The summed E-state index contributed by atoms with van der Waals surface area (Å²) in [5.41, 5.74) is 0.155. The van der Waals surface area contributed by atoms with Crippen molar-refractivity contribution >= 4 is 23.2 Å². The van der Waals surface area contributed by atoms with Crippen LogP contribution in [0.2, 0.25) is 10.0 Å². The first kappa shape index (κ1) is 20.4. The Hall–Kier alpha value is -1.62. The standard InChI is InChI=1S/C18H22Cl2N2O2/c1-3-5-7-9-23-17-13(11-21)14(12-22)18(16(20)15(17)19)24-10-8-6-4-2/h3-10H2,1-2H3. The number of hydrogen-bond acceptors (Lipinski definition) is 4. The van der Waals surface area contributed by atoms with E-state index in [1.165, 1.54) is 0 Å². The molecular formula is C18H22Cl2N2O2. The van der Waals surface area contributed by atoms with Crippen LogP contribution in [0.5, 0.6) is 11.5 Å². The SMILES string of the molecule is CCCCCOc1c(Cl)c(Cl)c(OCCCCC)c(C#N)c1C#N. The highest BCUT2D eigenvalue weighted by Gasteiger charge is 2.24. The molecule has 0 atom stereocenters. The lowest BCUT2D eigenvalue weighted by Gasteiger charge is -2.16. The molecule has 6 heteroatoms. The van der Waals surface area contributed by atoms with E-state index in [9.17, 15) is 10.5 Å². The Morgan fingerprint density at radius 2 is 1.12 bits per heavy atom. The normalized spacial score (nSPS) is 10.1. The van der Waals surface area contributed by atoms with Crippen LogP contribution in [0, 0.1) is 22.7 Å². The van der Waals surface area contributed by atoms with Gasteiger partial charge in [-0.1, -0.05) is 62.7 Å². The van der Waals surface area contributed by atoms with Crippen LogP contribution >= 0.6 is 23.2 Å². The van der Waals surface area contributed by atoms with Gasteiger partial charge in [-0.25, -0.2) is 0 Å².